The predicted molar refractivity (Wildman–Crippen MR) is 110 cm³/mol. The second-order valence-electron chi connectivity index (χ2n) is 6.68. The minimum absolute atomic E-state index is 0. The maximum Gasteiger partial charge on any atom is 0.279 e. The largest absolute Gasteiger partial charge is 0.317 e. The molecule has 0 unspecified atom stereocenters. The van der Waals surface area contributed by atoms with Crippen LogP contribution in [-0.2, 0) is 6.42 Å². The lowest BCUT2D eigenvalue weighted by atomic mass is 10.1. The fourth-order valence-electron chi connectivity index (χ4n) is 3.05. The third-order valence-electron chi connectivity index (χ3n) is 4.59. The average Bonchev–Trinajstić information content (AvgIpc) is 3.34. The number of hydrogen-bond acceptors (Lipinski definition) is 7. The van der Waals surface area contributed by atoms with Crippen molar-refractivity contribution in [2.75, 3.05) is 18.4 Å². The maximum atomic E-state index is 12.4. The normalized spacial score (nSPS) is 14.5. The molecule has 1 aliphatic rings. The molecule has 28 heavy (non-hydrogen) atoms. The van der Waals surface area contributed by atoms with Crippen LogP contribution in [0.4, 0.5) is 5.13 Å². The van der Waals surface area contributed by atoms with E-state index in [9.17, 15) is 4.79 Å². The maximum absolute atomic E-state index is 12.4. The van der Waals surface area contributed by atoms with Crippen molar-refractivity contribution in [3.05, 3.63) is 52.3 Å². The monoisotopic (exact) mass is 419 g/mol. The van der Waals surface area contributed by atoms with Gasteiger partial charge in [0.25, 0.3) is 5.91 Å². The molecule has 4 rings (SSSR count). The van der Waals surface area contributed by atoms with Gasteiger partial charge in [0, 0.05) is 6.42 Å². The molecule has 2 N–H and O–H groups in total. The molecule has 3 aromatic rings. The fraction of sp³-hybridized carbons (Fsp3) is 0.389. The Hall–Kier alpha value is -2.36. The van der Waals surface area contributed by atoms with Crippen molar-refractivity contribution in [1.29, 1.82) is 0 Å². The topological polar surface area (TPSA) is 97.6 Å². The Bertz CT molecular complexity index is 918. The van der Waals surface area contributed by atoms with Gasteiger partial charge in [0.05, 0.1) is 12.2 Å². The smallest absolute Gasteiger partial charge is 0.279 e. The van der Waals surface area contributed by atoms with E-state index >= 15 is 0 Å². The highest BCUT2D eigenvalue weighted by Gasteiger charge is 2.19. The second kappa shape index (κ2) is 9.22. The Morgan fingerprint density at radius 1 is 1.21 bits per heavy atom. The summed E-state index contributed by atoms with van der Waals surface area (Å²) in [6, 6.07) is 8.60. The van der Waals surface area contributed by atoms with Crippen LogP contribution in [-0.4, -0.2) is 44.2 Å². The molecular formula is C18H22ClN7OS. The number of carbonyl (C=O) groups is 1. The van der Waals surface area contributed by atoms with Crippen molar-refractivity contribution < 1.29 is 4.79 Å². The van der Waals surface area contributed by atoms with Crippen LogP contribution in [0.1, 0.15) is 45.5 Å². The first kappa shape index (κ1) is 20.4. The number of nitrogens with one attached hydrogen (secondary N) is 2. The van der Waals surface area contributed by atoms with Gasteiger partial charge in [-0.2, -0.15) is 0 Å². The third-order valence-corrected chi connectivity index (χ3v) is 5.43. The van der Waals surface area contributed by atoms with E-state index in [0.717, 1.165) is 30.9 Å². The van der Waals surface area contributed by atoms with Crippen LogP contribution in [0.3, 0.4) is 0 Å². The summed E-state index contributed by atoms with van der Waals surface area (Å²) in [7, 11) is 0. The minimum atomic E-state index is -0.312. The number of nitrogens with zero attached hydrogens (tertiary/aromatic N) is 5. The summed E-state index contributed by atoms with van der Waals surface area (Å²) in [6.07, 6.45) is 4.38. The van der Waals surface area contributed by atoms with E-state index in [1.165, 1.54) is 22.5 Å². The van der Waals surface area contributed by atoms with Gasteiger partial charge in [-0.15, -0.1) is 27.7 Å². The first-order chi connectivity index (χ1) is 13.2. The lowest BCUT2D eigenvalue weighted by Gasteiger charge is -2.21. The number of anilines is 1. The molecule has 2 aromatic heterocycles. The number of carbonyl (C=O) groups excluding carboxylic acids is 1. The Morgan fingerprint density at radius 2 is 1.96 bits per heavy atom. The van der Waals surface area contributed by atoms with Gasteiger partial charge in [-0.3, -0.25) is 10.1 Å². The zero-order valence-electron chi connectivity index (χ0n) is 15.5. The molecular weight excluding hydrogens is 398 g/mol. The minimum Gasteiger partial charge on any atom is -0.317 e. The Kier molecular flexibility index (Phi) is 6.71. The van der Waals surface area contributed by atoms with Crippen LogP contribution < -0.4 is 10.6 Å². The highest BCUT2D eigenvalue weighted by molar-refractivity contribution is 7.15. The molecule has 0 atom stereocenters. The number of piperidine rings is 1. The van der Waals surface area contributed by atoms with E-state index in [-0.39, 0.29) is 18.3 Å². The van der Waals surface area contributed by atoms with Crippen molar-refractivity contribution in [3.63, 3.8) is 0 Å². The molecule has 0 radical (unpaired) electrons. The summed E-state index contributed by atoms with van der Waals surface area (Å²) in [5.74, 6) is -0.312. The van der Waals surface area contributed by atoms with Crippen molar-refractivity contribution >= 4 is 34.8 Å². The van der Waals surface area contributed by atoms with E-state index < -0.39 is 0 Å². The van der Waals surface area contributed by atoms with Crippen molar-refractivity contribution in [2.45, 2.75) is 32.2 Å². The molecule has 10 heteroatoms. The standard InChI is InChI=1S/C18H21N7OS.ClH/c1-12-2-4-13(5-3-12)10-16-22-23-18(27-16)20-17(26)15-11-25(24-21-15)14-6-8-19-9-7-14;/h2-5,11,14,19H,6-10H2,1H3,(H,20,23,26);1H. The summed E-state index contributed by atoms with van der Waals surface area (Å²) >= 11 is 1.37. The van der Waals surface area contributed by atoms with Gasteiger partial charge in [0.1, 0.15) is 5.01 Å². The van der Waals surface area contributed by atoms with E-state index in [0.29, 0.717) is 23.3 Å². The number of halogens is 1. The first-order valence-corrected chi connectivity index (χ1v) is 9.81. The zero-order chi connectivity index (χ0) is 18.6. The van der Waals surface area contributed by atoms with Crippen LogP contribution in [0, 0.1) is 6.92 Å². The van der Waals surface area contributed by atoms with E-state index in [1.807, 2.05) is 0 Å². The molecule has 8 nitrogen and oxygen atoms in total. The van der Waals surface area contributed by atoms with Gasteiger partial charge in [0.15, 0.2) is 5.69 Å². The van der Waals surface area contributed by atoms with Gasteiger partial charge in [-0.1, -0.05) is 46.4 Å². The van der Waals surface area contributed by atoms with E-state index in [2.05, 4.69) is 62.3 Å². The molecule has 1 fully saturated rings. The lowest BCUT2D eigenvalue weighted by Crippen LogP contribution is -2.29. The van der Waals surface area contributed by atoms with Crippen molar-refractivity contribution in [1.82, 2.24) is 30.5 Å². The summed E-state index contributed by atoms with van der Waals surface area (Å²) in [4.78, 5) is 12.4. The van der Waals surface area contributed by atoms with Gasteiger partial charge < -0.3 is 5.32 Å². The number of hydrogen-bond donors (Lipinski definition) is 2. The van der Waals surface area contributed by atoms with Gasteiger partial charge >= 0.3 is 0 Å². The van der Waals surface area contributed by atoms with E-state index in [1.54, 1.807) is 10.9 Å². The number of rotatable bonds is 5. The first-order valence-electron chi connectivity index (χ1n) is 8.99. The van der Waals surface area contributed by atoms with Crippen molar-refractivity contribution in [3.8, 4) is 0 Å². The highest BCUT2D eigenvalue weighted by Crippen LogP contribution is 2.20. The van der Waals surface area contributed by atoms with Crippen LogP contribution in [0.25, 0.3) is 0 Å². The SMILES string of the molecule is Cc1ccc(Cc2nnc(NC(=O)c3cn(C4CCNCC4)nn3)s2)cc1.Cl. The average molecular weight is 420 g/mol. The van der Waals surface area contributed by atoms with Crippen molar-refractivity contribution in [2.24, 2.45) is 0 Å². The van der Waals surface area contributed by atoms with Gasteiger partial charge in [0.2, 0.25) is 5.13 Å². The highest BCUT2D eigenvalue weighted by atomic mass is 35.5. The van der Waals surface area contributed by atoms with Crippen LogP contribution in [0.5, 0.6) is 0 Å². The number of benzene rings is 1. The quantitative estimate of drug-likeness (QED) is 0.659. The third kappa shape index (κ3) is 4.92. The molecule has 3 heterocycles. The Balaban J connectivity index is 0.00000225. The number of amides is 1. The molecule has 1 aliphatic heterocycles. The van der Waals surface area contributed by atoms with E-state index in [4.69, 9.17) is 0 Å². The van der Waals surface area contributed by atoms with Crippen LogP contribution in [0.2, 0.25) is 0 Å². The number of aromatic nitrogens is 5. The molecule has 0 aliphatic carbocycles. The molecule has 1 saturated heterocycles. The molecule has 0 saturated carbocycles. The Labute approximate surface area is 173 Å². The molecule has 1 aromatic carbocycles. The van der Waals surface area contributed by atoms with Gasteiger partial charge in [-0.25, -0.2) is 4.68 Å². The summed E-state index contributed by atoms with van der Waals surface area (Å²) in [5, 5.41) is 23.8. The van der Waals surface area contributed by atoms with Crippen LogP contribution >= 0.6 is 23.7 Å². The van der Waals surface area contributed by atoms with Crippen LogP contribution in [0.15, 0.2) is 30.5 Å². The fourth-order valence-corrected chi connectivity index (χ4v) is 3.82. The molecule has 0 spiro atoms. The lowest BCUT2D eigenvalue weighted by molar-refractivity contribution is 0.102. The second-order valence-corrected chi connectivity index (χ2v) is 7.74. The molecule has 148 valence electrons. The Morgan fingerprint density at radius 3 is 2.71 bits per heavy atom. The summed E-state index contributed by atoms with van der Waals surface area (Å²) in [5.41, 5.74) is 2.69. The molecule has 0 bridgehead atoms. The number of aryl methyl sites for hydroxylation is 1. The zero-order valence-corrected chi connectivity index (χ0v) is 17.1. The van der Waals surface area contributed by atoms with Gasteiger partial charge in [-0.05, 0) is 38.4 Å². The summed E-state index contributed by atoms with van der Waals surface area (Å²) < 4.78 is 1.79. The molecule has 1 amide bonds. The summed E-state index contributed by atoms with van der Waals surface area (Å²) in [6.45, 7) is 3.98. The predicted octanol–water partition coefficient (Wildman–Crippen LogP) is 2.63.